The normalized spacial score (nSPS) is 21.8. The Hall–Kier alpha value is -3.29. The molecule has 3 aliphatic rings. The Labute approximate surface area is 209 Å². The van der Waals surface area contributed by atoms with Crippen LogP contribution in [0.3, 0.4) is 0 Å². The van der Waals surface area contributed by atoms with Crippen molar-refractivity contribution in [3.05, 3.63) is 93.7 Å². The van der Waals surface area contributed by atoms with E-state index in [9.17, 15) is 14.0 Å². The molecule has 2 saturated heterocycles. The standard InChI is InChI=1S/C29H30FN3O3/c30-24-7-5-21(6-8-24)28(34)32-16-20-15-23(19-32)27-10-9-26(29(35)33(27)17-20)25-4-2-1-3-22(25)18-31-11-13-36-14-12-31/h1-10,20,23H,11-19H2/p+1/t20-,23+/m0/s1. The van der Waals surface area contributed by atoms with Crippen LogP contribution in [0.15, 0.2) is 65.5 Å². The maximum absolute atomic E-state index is 13.8. The number of likely N-dealkylation sites (tertiary alicyclic amines) is 1. The average molecular weight is 489 g/mol. The van der Waals surface area contributed by atoms with Crippen LogP contribution >= 0.6 is 0 Å². The monoisotopic (exact) mass is 488 g/mol. The van der Waals surface area contributed by atoms with Gasteiger partial charge in [0.05, 0.1) is 13.2 Å². The van der Waals surface area contributed by atoms with Crippen molar-refractivity contribution in [3.8, 4) is 11.1 Å². The van der Waals surface area contributed by atoms with Crippen LogP contribution < -0.4 is 10.5 Å². The van der Waals surface area contributed by atoms with Crippen LogP contribution in [0.25, 0.3) is 11.1 Å². The molecule has 2 bridgehead atoms. The van der Waals surface area contributed by atoms with E-state index in [0.717, 1.165) is 56.1 Å². The molecule has 7 heteroatoms. The molecule has 1 amide bonds. The topological polar surface area (TPSA) is 56.0 Å². The number of nitrogens with one attached hydrogen (secondary N) is 1. The van der Waals surface area contributed by atoms with Crippen LogP contribution in [0, 0.1) is 11.7 Å². The van der Waals surface area contributed by atoms with Gasteiger partial charge in [-0.05, 0) is 54.3 Å². The number of aromatic nitrogens is 1. The van der Waals surface area contributed by atoms with Crippen molar-refractivity contribution in [1.29, 1.82) is 0 Å². The molecule has 6 rings (SSSR count). The summed E-state index contributed by atoms with van der Waals surface area (Å²) in [6, 6.07) is 18.0. The first-order chi connectivity index (χ1) is 17.6. The second kappa shape index (κ2) is 9.64. The minimum Gasteiger partial charge on any atom is -0.370 e. The van der Waals surface area contributed by atoms with Crippen LogP contribution in [0.4, 0.5) is 4.39 Å². The molecule has 0 radical (unpaired) electrons. The van der Waals surface area contributed by atoms with E-state index in [2.05, 4.69) is 18.2 Å². The summed E-state index contributed by atoms with van der Waals surface area (Å²) >= 11 is 0. The first-order valence-corrected chi connectivity index (χ1v) is 12.8. The van der Waals surface area contributed by atoms with Gasteiger partial charge < -0.3 is 19.1 Å². The maximum atomic E-state index is 13.8. The van der Waals surface area contributed by atoms with Gasteiger partial charge in [-0.1, -0.05) is 24.3 Å². The number of fused-ring (bicyclic) bond motifs is 4. The second-order valence-electron chi connectivity index (χ2n) is 10.3. The predicted molar refractivity (Wildman–Crippen MR) is 135 cm³/mol. The molecule has 0 saturated carbocycles. The van der Waals surface area contributed by atoms with Crippen molar-refractivity contribution < 1.29 is 18.8 Å². The third-order valence-electron chi connectivity index (χ3n) is 7.93. The molecule has 2 aromatic carbocycles. The lowest BCUT2D eigenvalue weighted by molar-refractivity contribution is -0.921. The number of pyridine rings is 1. The molecule has 2 atom stereocenters. The Morgan fingerprint density at radius 1 is 0.944 bits per heavy atom. The second-order valence-corrected chi connectivity index (χ2v) is 10.3. The summed E-state index contributed by atoms with van der Waals surface area (Å²) in [5.74, 6) is -0.0749. The number of carbonyl (C=O) groups excluding carboxylic acids is 1. The van der Waals surface area contributed by atoms with Crippen molar-refractivity contribution in [2.24, 2.45) is 5.92 Å². The van der Waals surface area contributed by atoms with E-state index in [1.165, 1.54) is 22.6 Å². The molecule has 1 N–H and O–H groups in total. The lowest BCUT2D eigenvalue weighted by Gasteiger charge is -2.43. The van der Waals surface area contributed by atoms with Gasteiger partial charge in [-0.25, -0.2) is 4.39 Å². The first-order valence-electron chi connectivity index (χ1n) is 12.8. The van der Waals surface area contributed by atoms with Crippen LogP contribution in [-0.4, -0.2) is 54.8 Å². The fourth-order valence-electron chi connectivity index (χ4n) is 6.14. The summed E-state index contributed by atoms with van der Waals surface area (Å²) in [4.78, 5) is 30.2. The number of amides is 1. The number of rotatable bonds is 4. The fraction of sp³-hybridized carbons (Fsp3) is 0.379. The zero-order valence-electron chi connectivity index (χ0n) is 20.3. The highest BCUT2D eigenvalue weighted by molar-refractivity contribution is 5.94. The highest BCUT2D eigenvalue weighted by Gasteiger charge is 2.37. The highest BCUT2D eigenvalue weighted by atomic mass is 19.1. The molecular formula is C29H31FN3O3+. The molecule has 0 unspecified atom stereocenters. The number of benzene rings is 2. The molecule has 3 aliphatic heterocycles. The van der Waals surface area contributed by atoms with Crippen molar-refractivity contribution >= 4 is 5.91 Å². The smallest absolute Gasteiger partial charge is 0.258 e. The van der Waals surface area contributed by atoms with E-state index >= 15 is 0 Å². The maximum Gasteiger partial charge on any atom is 0.258 e. The minimum absolute atomic E-state index is 0.0601. The van der Waals surface area contributed by atoms with E-state index in [0.29, 0.717) is 25.2 Å². The van der Waals surface area contributed by atoms with Crippen LogP contribution in [0.1, 0.15) is 34.0 Å². The van der Waals surface area contributed by atoms with Crippen LogP contribution in [0.2, 0.25) is 0 Å². The van der Waals surface area contributed by atoms with Gasteiger partial charge in [0.1, 0.15) is 25.5 Å². The van der Waals surface area contributed by atoms with Crippen LogP contribution in [0.5, 0.6) is 0 Å². The molecule has 0 aliphatic carbocycles. The van der Waals surface area contributed by atoms with E-state index in [1.807, 2.05) is 27.7 Å². The third kappa shape index (κ3) is 4.38. The predicted octanol–water partition coefficient (Wildman–Crippen LogP) is 2.33. The van der Waals surface area contributed by atoms with Crippen molar-refractivity contribution in [3.63, 3.8) is 0 Å². The summed E-state index contributed by atoms with van der Waals surface area (Å²) in [5.41, 5.74) is 4.53. The van der Waals surface area contributed by atoms with E-state index < -0.39 is 0 Å². The summed E-state index contributed by atoms with van der Waals surface area (Å²) in [6.45, 7) is 6.20. The fourth-order valence-corrected chi connectivity index (χ4v) is 6.14. The Morgan fingerprint density at radius 3 is 2.53 bits per heavy atom. The van der Waals surface area contributed by atoms with Crippen molar-refractivity contribution in [1.82, 2.24) is 9.47 Å². The molecule has 4 heterocycles. The number of ether oxygens (including phenoxy) is 1. The lowest BCUT2D eigenvalue weighted by atomic mass is 9.82. The Kier molecular flexibility index (Phi) is 6.19. The number of morpholine rings is 1. The van der Waals surface area contributed by atoms with Gasteiger partial charge in [0.25, 0.3) is 11.5 Å². The van der Waals surface area contributed by atoms with E-state index in [1.54, 1.807) is 12.1 Å². The van der Waals surface area contributed by atoms with Crippen molar-refractivity contribution in [2.75, 3.05) is 39.4 Å². The summed E-state index contributed by atoms with van der Waals surface area (Å²) < 4.78 is 20.8. The summed E-state index contributed by atoms with van der Waals surface area (Å²) in [7, 11) is 0. The number of carbonyl (C=O) groups is 1. The molecular weight excluding hydrogens is 457 g/mol. The van der Waals surface area contributed by atoms with Gasteiger partial charge in [0.15, 0.2) is 0 Å². The number of hydrogen-bond donors (Lipinski definition) is 1. The number of hydrogen-bond acceptors (Lipinski definition) is 3. The van der Waals surface area contributed by atoms with Gasteiger partial charge in [-0.3, -0.25) is 9.59 Å². The Bertz CT molecular complexity index is 1330. The Morgan fingerprint density at radius 2 is 1.72 bits per heavy atom. The van der Waals surface area contributed by atoms with Gasteiger partial charge >= 0.3 is 0 Å². The quantitative estimate of drug-likeness (QED) is 0.614. The third-order valence-corrected chi connectivity index (χ3v) is 7.93. The molecule has 36 heavy (non-hydrogen) atoms. The van der Waals surface area contributed by atoms with E-state index in [4.69, 9.17) is 4.74 Å². The number of nitrogens with zero attached hydrogens (tertiary/aromatic N) is 2. The largest absolute Gasteiger partial charge is 0.370 e. The number of quaternary nitrogens is 1. The van der Waals surface area contributed by atoms with Gasteiger partial charge in [-0.15, -0.1) is 0 Å². The minimum atomic E-state index is -0.348. The molecule has 186 valence electrons. The SMILES string of the molecule is O=C(c1ccc(F)cc1)N1C[C@@H]2C[C@H](C1)c1ccc(-c3ccccc3C[NH+]3CCOCC3)c(=O)n1C2. The summed E-state index contributed by atoms with van der Waals surface area (Å²) in [6.07, 6.45) is 0.975. The molecule has 1 aromatic heterocycles. The molecule has 2 fully saturated rings. The average Bonchev–Trinajstić information content (AvgIpc) is 2.90. The number of halogens is 1. The molecule has 0 spiro atoms. The Balaban J connectivity index is 1.28. The van der Waals surface area contributed by atoms with E-state index in [-0.39, 0.29) is 29.1 Å². The first kappa shape index (κ1) is 23.1. The van der Waals surface area contributed by atoms with Gasteiger partial charge in [0.2, 0.25) is 0 Å². The zero-order valence-corrected chi connectivity index (χ0v) is 20.3. The number of piperidine rings is 1. The highest BCUT2D eigenvalue weighted by Crippen LogP contribution is 2.36. The van der Waals surface area contributed by atoms with Gasteiger partial charge in [-0.2, -0.15) is 0 Å². The summed E-state index contributed by atoms with van der Waals surface area (Å²) in [5, 5.41) is 0. The van der Waals surface area contributed by atoms with Crippen molar-refractivity contribution in [2.45, 2.75) is 25.4 Å². The zero-order chi connectivity index (χ0) is 24.6. The van der Waals surface area contributed by atoms with Crippen LogP contribution in [-0.2, 0) is 17.8 Å². The lowest BCUT2D eigenvalue weighted by Crippen LogP contribution is -3.12. The molecule has 6 nitrogen and oxygen atoms in total. The molecule has 3 aromatic rings. The van der Waals surface area contributed by atoms with Gasteiger partial charge in [0, 0.05) is 47.9 Å².